The Hall–Kier alpha value is -4.01. The largest absolute Gasteiger partial charge is 0.478 e. The van der Waals surface area contributed by atoms with Crippen LogP contribution in [0, 0.1) is 30.9 Å². The third-order valence-electron chi connectivity index (χ3n) is 4.62. The molecule has 9 heteroatoms. The Balaban J connectivity index is 2.03. The fraction of sp³-hybridized carbons (Fsp3) is 0.150. The fourth-order valence-electron chi connectivity index (χ4n) is 2.80. The smallest absolute Gasteiger partial charge is 0.335 e. The third kappa shape index (κ3) is 3.84. The molecule has 0 unspecified atom stereocenters. The molecule has 0 saturated carbocycles. The Morgan fingerprint density at radius 1 is 1.17 bits per heavy atom. The maximum atomic E-state index is 12.8. The summed E-state index contributed by atoms with van der Waals surface area (Å²) in [4.78, 5) is 38.4. The van der Waals surface area contributed by atoms with Crippen LogP contribution in [0.3, 0.4) is 0 Å². The van der Waals surface area contributed by atoms with Gasteiger partial charge in [0.1, 0.15) is 5.69 Å². The van der Waals surface area contributed by atoms with E-state index in [-0.39, 0.29) is 22.4 Å². The fourth-order valence-corrected chi connectivity index (χ4v) is 2.80. The maximum Gasteiger partial charge on any atom is 0.335 e. The second-order valence-corrected chi connectivity index (χ2v) is 6.58. The quantitative estimate of drug-likeness (QED) is 0.389. The molecule has 9 nitrogen and oxygen atoms in total. The first-order valence-electron chi connectivity index (χ1n) is 8.64. The van der Waals surface area contributed by atoms with E-state index in [9.17, 15) is 19.7 Å². The average Bonchev–Trinajstić information content (AvgIpc) is 2.95. The number of nitrogens with one attached hydrogen (secondary N) is 1. The molecule has 0 bridgehead atoms. The highest BCUT2D eigenvalue weighted by Gasteiger charge is 2.17. The van der Waals surface area contributed by atoms with Gasteiger partial charge in [0.25, 0.3) is 11.2 Å². The van der Waals surface area contributed by atoms with Gasteiger partial charge in [0.15, 0.2) is 0 Å². The second-order valence-electron chi connectivity index (χ2n) is 6.58. The van der Waals surface area contributed by atoms with E-state index in [0.717, 1.165) is 17.2 Å². The van der Waals surface area contributed by atoms with E-state index in [1.165, 1.54) is 23.0 Å². The van der Waals surface area contributed by atoms with Crippen LogP contribution in [0.25, 0.3) is 5.69 Å². The molecule has 0 atom stereocenters. The number of aromatic amines is 1. The van der Waals surface area contributed by atoms with Crippen LogP contribution in [0.4, 0.5) is 11.4 Å². The zero-order valence-electron chi connectivity index (χ0n) is 16.0. The van der Waals surface area contributed by atoms with Crippen molar-refractivity contribution in [2.75, 3.05) is 0 Å². The number of hydrogen-bond acceptors (Lipinski definition) is 5. The monoisotopic (exact) mass is 394 g/mol. The number of aromatic carboxylic acids is 1. The van der Waals surface area contributed by atoms with Crippen molar-refractivity contribution in [3.05, 3.63) is 84.8 Å². The molecule has 0 amide bonds. The Bertz CT molecular complexity index is 1220. The number of nitro groups is 1. The average molecular weight is 394 g/mol. The standard InChI is InChI=1S/C20H18N4O5/c1-11-4-6-15(8-12(11)2)23-19(25)16(13(3)22-23)10-21-17-7-5-14(20(26)27)9-18(17)24(28)29/h4-10,22H,1-3H3,(H,26,27). The Labute approximate surface area is 165 Å². The Morgan fingerprint density at radius 3 is 2.52 bits per heavy atom. The molecule has 0 spiro atoms. The van der Waals surface area contributed by atoms with Gasteiger partial charge in [-0.25, -0.2) is 14.5 Å². The molecule has 0 fully saturated rings. The molecule has 148 valence electrons. The predicted molar refractivity (Wildman–Crippen MR) is 108 cm³/mol. The van der Waals surface area contributed by atoms with Gasteiger partial charge in [-0.2, -0.15) is 0 Å². The number of aryl methyl sites for hydroxylation is 3. The lowest BCUT2D eigenvalue weighted by Gasteiger charge is -2.05. The van der Waals surface area contributed by atoms with Crippen molar-refractivity contribution in [2.24, 2.45) is 4.99 Å². The van der Waals surface area contributed by atoms with Crippen molar-refractivity contribution >= 4 is 23.6 Å². The molecule has 3 aromatic rings. The number of carboxylic acid groups (broad SMARTS) is 1. The van der Waals surface area contributed by atoms with Crippen molar-refractivity contribution in [2.45, 2.75) is 20.8 Å². The van der Waals surface area contributed by atoms with E-state index in [1.807, 2.05) is 32.0 Å². The topological polar surface area (TPSA) is 131 Å². The first-order valence-corrected chi connectivity index (χ1v) is 8.64. The molecular weight excluding hydrogens is 376 g/mol. The normalized spacial score (nSPS) is 11.1. The van der Waals surface area contributed by atoms with Crippen LogP contribution in [0.5, 0.6) is 0 Å². The van der Waals surface area contributed by atoms with E-state index in [4.69, 9.17) is 5.11 Å². The van der Waals surface area contributed by atoms with Gasteiger partial charge in [0.05, 0.1) is 21.7 Å². The van der Waals surface area contributed by atoms with Gasteiger partial charge in [-0.1, -0.05) is 6.07 Å². The molecule has 1 heterocycles. The summed E-state index contributed by atoms with van der Waals surface area (Å²) in [6.45, 7) is 5.62. The highest BCUT2D eigenvalue weighted by Crippen LogP contribution is 2.28. The van der Waals surface area contributed by atoms with Gasteiger partial charge in [0.2, 0.25) is 0 Å². The molecular formula is C20H18N4O5. The molecule has 0 radical (unpaired) electrons. The highest BCUT2D eigenvalue weighted by molar-refractivity contribution is 5.90. The van der Waals surface area contributed by atoms with Crippen molar-refractivity contribution in [3.8, 4) is 5.69 Å². The van der Waals surface area contributed by atoms with E-state index >= 15 is 0 Å². The summed E-state index contributed by atoms with van der Waals surface area (Å²) in [6, 6.07) is 9.00. The molecule has 1 aromatic heterocycles. The zero-order chi connectivity index (χ0) is 21.3. The van der Waals surface area contributed by atoms with Crippen LogP contribution in [0.1, 0.15) is 32.7 Å². The van der Waals surface area contributed by atoms with Gasteiger partial charge in [-0.15, -0.1) is 0 Å². The predicted octanol–water partition coefficient (Wildman–Crippen LogP) is 3.45. The number of benzene rings is 2. The Morgan fingerprint density at radius 2 is 1.90 bits per heavy atom. The number of nitrogens with zero attached hydrogens (tertiary/aromatic N) is 3. The highest BCUT2D eigenvalue weighted by atomic mass is 16.6. The van der Waals surface area contributed by atoms with Crippen molar-refractivity contribution in [3.63, 3.8) is 0 Å². The van der Waals surface area contributed by atoms with Crippen molar-refractivity contribution in [1.29, 1.82) is 0 Å². The van der Waals surface area contributed by atoms with Crippen LogP contribution in [-0.4, -0.2) is 32.0 Å². The van der Waals surface area contributed by atoms with Crippen molar-refractivity contribution < 1.29 is 14.8 Å². The summed E-state index contributed by atoms with van der Waals surface area (Å²) in [6.07, 6.45) is 1.24. The number of hydrogen-bond donors (Lipinski definition) is 2. The minimum absolute atomic E-state index is 0.0438. The SMILES string of the molecule is Cc1ccc(-n2[nH]c(C)c(C=Nc3ccc(C(=O)O)cc3[N+](=O)[O-])c2=O)cc1C. The number of nitro benzene ring substituents is 1. The van der Waals surface area contributed by atoms with E-state index in [0.29, 0.717) is 11.4 Å². The third-order valence-corrected chi connectivity index (χ3v) is 4.62. The lowest BCUT2D eigenvalue weighted by Crippen LogP contribution is -2.17. The zero-order valence-corrected chi connectivity index (χ0v) is 16.0. The minimum Gasteiger partial charge on any atom is -0.478 e. The van der Waals surface area contributed by atoms with Gasteiger partial charge in [0, 0.05) is 18.0 Å². The number of carboxylic acids is 1. The van der Waals surface area contributed by atoms with Crippen LogP contribution in [0.2, 0.25) is 0 Å². The van der Waals surface area contributed by atoms with Crippen molar-refractivity contribution in [1.82, 2.24) is 9.78 Å². The van der Waals surface area contributed by atoms with Crippen LogP contribution < -0.4 is 5.56 Å². The molecule has 2 aromatic carbocycles. The first kappa shape index (κ1) is 19.7. The number of aliphatic imine (C=N–C) groups is 1. The van der Waals surface area contributed by atoms with Gasteiger partial charge in [-0.3, -0.25) is 20.0 Å². The van der Waals surface area contributed by atoms with E-state index in [2.05, 4.69) is 10.1 Å². The lowest BCUT2D eigenvalue weighted by atomic mass is 10.1. The van der Waals surface area contributed by atoms with E-state index < -0.39 is 16.6 Å². The number of rotatable bonds is 5. The molecule has 0 aliphatic carbocycles. The number of aromatic nitrogens is 2. The number of H-pyrrole nitrogens is 1. The summed E-state index contributed by atoms with van der Waals surface area (Å²) in [5.74, 6) is -1.28. The minimum atomic E-state index is -1.28. The lowest BCUT2D eigenvalue weighted by molar-refractivity contribution is -0.384. The van der Waals surface area contributed by atoms with Crippen LogP contribution in [0.15, 0.2) is 46.2 Å². The van der Waals surface area contributed by atoms with Gasteiger partial charge in [-0.05, 0) is 56.2 Å². The number of carbonyl (C=O) groups is 1. The Kier molecular flexibility index (Phi) is 5.14. The van der Waals surface area contributed by atoms with Gasteiger partial charge < -0.3 is 5.11 Å². The molecule has 0 saturated heterocycles. The molecule has 29 heavy (non-hydrogen) atoms. The summed E-state index contributed by atoms with van der Waals surface area (Å²) < 4.78 is 1.38. The second kappa shape index (κ2) is 7.55. The van der Waals surface area contributed by atoms with Gasteiger partial charge >= 0.3 is 5.97 Å². The molecule has 3 rings (SSSR count). The summed E-state index contributed by atoms with van der Waals surface area (Å²) in [5, 5.41) is 23.2. The van der Waals surface area contributed by atoms with Crippen LogP contribution in [-0.2, 0) is 0 Å². The maximum absolute atomic E-state index is 12.8. The summed E-state index contributed by atoms with van der Waals surface area (Å²) in [5.41, 5.74) is 2.53. The summed E-state index contributed by atoms with van der Waals surface area (Å²) >= 11 is 0. The van der Waals surface area contributed by atoms with Crippen LogP contribution >= 0.6 is 0 Å². The molecule has 0 aliphatic rings. The molecule has 2 N–H and O–H groups in total. The summed E-state index contributed by atoms with van der Waals surface area (Å²) in [7, 11) is 0. The first-order chi connectivity index (χ1) is 13.7. The molecule has 0 aliphatic heterocycles. The van der Waals surface area contributed by atoms with E-state index in [1.54, 1.807) is 6.92 Å².